The second kappa shape index (κ2) is 7.07. The smallest absolute Gasteiger partial charge is 0.149 e. The molecule has 0 aromatic rings. The summed E-state index contributed by atoms with van der Waals surface area (Å²) >= 11 is 0. The van der Waals surface area contributed by atoms with E-state index in [0.29, 0.717) is 18.4 Å². The van der Waals surface area contributed by atoms with Crippen molar-refractivity contribution in [2.24, 2.45) is 5.92 Å². The average Bonchev–Trinajstić information content (AvgIpc) is 2.16. The standard InChI is InChI=1S/C11H23NO/c1-5-9(4)12-8-11(13)10(6-2)7-3/h9-10,12H,5-8H2,1-4H3. The molecular formula is C11H23NO. The van der Waals surface area contributed by atoms with Gasteiger partial charge in [-0.15, -0.1) is 0 Å². The molecule has 0 spiro atoms. The maximum atomic E-state index is 11.6. The SMILES string of the molecule is CCC(C)NCC(=O)C(CC)CC. The molecule has 0 fully saturated rings. The zero-order valence-electron chi connectivity index (χ0n) is 9.39. The zero-order valence-corrected chi connectivity index (χ0v) is 9.39. The summed E-state index contributed by atoms with van der Waals surface area (Å²) in [5, 5.41) is 3.23. The molecule has 0 heterocycles. The van der Waals surface area contributed by atoms with Crippen LogP contribution in [0.15, 0.2) is 0 Å². The minimum Gasteiger partial charge on any atom is -0.308 e. The second-order valence-corrected chi connectivity index (χ2v) is 3.67. The molecule has 0 bridgehead atoms. The number of rotatable bonds is 7. The lowest BCUT2D eigenvalue weighted by Gasteiger charge is -2.14. The maximum Gasteiger partial charge on any atom is 0.149 e. The molecule has 0 aromatic carbocycles. The first-order chi connectivity index (χ1) is 6.15. The van der Waals surface area contributed by atoms with E-state index in [9.17, 15) is 4.79 Å². The Hall–Kier alpha value is -0.370. The van der Waals surface area contributed by atoms with Crippen molar-refractivity contribution >= 4 is 5.78 Å². The molecule has 2 heteroatoms. The lowest BCUT2D eigenvalue weighted by Crippen LogP contribution is -2.33. The van der Waals surface area contributed by atoms with E-state index in [0.717, 1.165) is 19.3 Å². The summed E-state index contributed by atoms with van der Waals surface area (Å²) < 4.78 is 0. The summed E-state index contributed by atoms with van der Waals surface area (Å²) in [5.41, 5.74) is 0. The lowest BCUT2D eigenvalue weighted by molar-refractivity contribution is -0.122. The zero-order chi connectivity index (χ0) is 10.3. The maximum absolute atomic E-state index is 11.6. The van der Waals surface area contributed by atoms with Crippen LogP contribution in [-0.4, -0.2) is 18.4 Å². The molecule has 0 saturated carbocycles. The van der Waals surface area contributed by atoms with Crippen LogP contribution in [0.3, 0.4) is 0 Å². The van der Waals surface area contributed by atoms with Crippen molar-refractivity contribution in [3.05, 3.63) is 0 Å². The molecular weight excluding hydrogens is 162 g/mol. The minimum absolute atomic E-state index is 0.261. The predicted molar refractivity (Wildman–Crippen MR) is 56.8 cm³/mol. The van der Waals surface area contributed by atoms with Gasteiger partial charge in [0, 0.05) is 12.0 Å². The van der Waals surface area contributed by atoms with Crippen molar-refractivity contribution < 1.29 is 4.79 Å². The fraction of sp³-hybridized carbons (Fsp3) is 0.909. The van der Waals surface area contributed by atoms with Crippen molar-refractivity contribution in [2.45, 2.75) is 53.0 Å². The molecule has 1 N–H and O–H groups in total. The van der Waals surface area contributed by atoms with Crippen LogP contribution >= 0.6 is 0 Å². The van der Waals surface area contributed by atoms with Crippen molar-refractivity contribution in [3.8, 4) is 0 Å². The van der Waals surface area contributed by atoms with E-state index in [1.807, 2.05) is 0 Å². The van der Waals surface area contributed by atoms with Gasteiger partial charge in [0.25, 0.3) is 0 Å². The van der Waals surface area contributed by atoms with Gasteiger partial charge in [0.05, 0.1) is 6.54 Å². The van der Waals surface area contributed by atoms with E-state index in [1.54, 1.807) is 0 Å². The van der Waals surface area contributed by atoms with E-state index >= 15 is 0 Å². The van der Waals surface area contributed by atoms with Crippen LogP contribution in [0.1, 0.15) is 47.0 Å². The highest BCUT2D eigenvalue weighted by Gasteiger charge is 2.13. The highest BCUT2D eigenvalue weighted by Crippen LogP contribution is 2.08. The largest absolute Gasteiger partial charge is 0.308 e. The minimum atomic E-state index is 0.261. The Labute approximate surface area is 82.1 Å². The number of ketones is 1. The van der Waals surface area contributed by atoms with Crippen molar-refractivity contribution in [1.29, 1.82) is 0 Å². The third-order valence-electron chi connectivity index (χ3n) is 2.68. The molecule has 0 saturated heterocycles. The Kier molecular flexibility index (Phi) is 6.87. The molecule has 0 radical (unpaired) electrons. The Morgan fingerprint density at radius 2 is 1.69 bits per heavy atom. The van der Waals surface area contributed by atoms with Crippen LogP contribution in [0.2, 0.25) is 0 Å². The van der Waals surface area contributed by atoms with Gasteiger partial charge in [-0.05, 0) is 26.2 Å². The van der Waals surface area contributed by atoms with Gasteiger partial charge in [-0.1, -0.05) is 20.8 Å². The summed E-state index contributed by atoms with van der Waals surface area (Å²) in [4.78, 5) is 11.6. The van der Waals surface area contributed by atoms with Crippen LogP contribution in [0.25, 0.3) is 0 Å². The van der Waals surface area contributed by atoms with E-state index in [4.69, 9.17) is 0 Å². The third-order valence-corrected chi connectivity index (χ3v) is 2.68. The summed E-state index contributed by atoms with van der Waals surface area (Å²) in [6.07, 6.45) is 3.02. The normalized spacial score (nSPS) is 13.3. The Bertz CT molecular complexity index is 141. The molecule has 0 aliphatic heterocycles. The highest BCUT2D eigenvalue weighted by molar-refractivity contribution is 5.82. The molecule has 0 aromatic heterocycles. The van der Waals surface area contributed by atoms with Gasteiger partial charge in [0.15, 0.2) is 0 Å². The molecule has 0 amide bonds. The first-order valence-electron chi connectivity index (χ1n) is 5.41. The number of carbonyl (C=O) groups excluding carboxylic acids is 1. The number of Topliss-reactive ketones (excluding diaryl/α,β-unsaturated/α-hetero) is 1. The summed E-state index contributed by atoms with van der Waals surface area (Å²) in [6.45, 7) is 8.94. The molecule has 78 valence electrons. The topological polar surface area (TPSA) is 29.1 Å². The second-order valence-electron chi connectivity index (χ2n) is 3.67. The van der Waals surface area contributed by atoms with Crippen LogP contribution in [0.4, 0.5) is 0 Å². The molecule has 0 rings (SSSR count). The molecule has 0 aliphatic carbocycles. The van der Waals surface area contributed by atoms with Crippen LogP contribution in [-0.2, 0) is 4.79 Å². The Balaban J connectivity index is 3.72. The van der Waals surface area contributed by atoms with Crippen LogP contribution in [0, 0.1) is 5.92 Å². The van der Waals surface area contributed by atoms with Crippen LogP contribution < -0.4 is 5.32 Å². The van der Waals surface area contributed by atoms with E-state index < -0.39 is 0 Å². The van der Waals surface area contributed by atoms with E-state index in [2.05, 4.69) is 33.0 Å². The first-order valence-corrected chi connectivity index (χ1v) is 5.41. The van der Waals surface area contributed by atoms with Gasteiger partial charge in [-0.2, -0.15) is 0 Å². The molecule has 1 atom stereocenters. The summed E-state index contributed by atoms with van der Waals surface area (Å²) in [6, 6.07) is 0.457. The quantitative estimate of drug-likeness (QED) is 0.660. The Morgan fingerprint density at radius 3 is 2.08 bits per heavy atom. The monoisotopic (exact) mass is 185 g/mol. The number of hydrogen-bond donors (Lipinski definition) is 1. The summed E-state index contributed by atoms with van der Waals surface area (Å²) in [7, 11) is 0. The fourth-order valence-corrected chi connectivity index (χ4v) is 1.31. The number of carbonyl (C=O) groups is 1. The van der Waals surface area contributed by atoms with Gasteiger partial charge in [-0.25, -0.2) is 0 Å². The van der Waals surface area contributed by atoms with Gasteiger partial charge >= 0.3 is 0 Å². The van der Waals surface area contributed by atoms with Gasteiger partial charge in [-0.3, -0.25) is 4.79 Å². The molecule has 1 unspecified atom stereocenters. The van der Waals surface area contributed by atoms with Crippen molar-refractivity contribution in [3.63, 3.8) is 0 Å². The van der Waals surface area contributed by atoms with Crippen LogP contribution in [0.5, 0.6) is 0 Å². The van der Waals surface area contributed by atoms with E-state index in [1.165, 1.54) is 0 Å². The van der Waals surface area contributed by atoms with Crippen molar-refractivity contribution in [1.82, 2.24) is 5.32 Å². The Morgan fingerprint density at radius 1 is 1.15 bits per heavy atom. The molecule has 13 heavy (non-hydrogen) atoms. The predicted octanol–water partition coefficient (Wildman–Crippen LogP) is 2.38. The lowest BCUT2D eigenvalue weighted by atomic mass is 9.98. The van der Waals surface area contributed by atoms with Gasteiger partial charge in [0.2, 0.25) is 0 Å². The van der Waals surface area contributed by atoms with E-state index in [-0.39, 0.29) is 5.92 Å². The van der Waals surface area contributed by atoms with Gasteiger partial charge < -0.3 is 5.32 Å². The highest BCUT2D eigenvalue weighted by atomic mass is 16.1. The number of nitrogens with one attached hydrogen (secondary N) is 1. The first kappa shape index (κ1) is 12.6. The van der Waals surface area contributed by atoms with Gasteiger partial charge in [0.1, 0.15) is 5.78 Å². The summed E-state index contributed by atoms with van der Waals surface area (Å²) in [5.74, 6) is 0.627. The fourth-order valence-electron chi connectivity index (χ4n) is 1.31. The average molecular weight is 185 g/mol. The molecule has 2 nitrogen and oxygen atoms in total. The number of hydrogen-bond acceptors (Lipinski definition) is 2. The van der Waals surface area contributed by atoms with Crippen molar-refractivity contribution in [2.75, 3.05) is 6.54 Å². The third kappa shape index (κ3) is 5.04. The molecule has 0 aliphatic rings.